The van der Waals surface area contributed by atoms with Gasteiger partial charge in [0.15, 0.2) is 23.1 Å². The number of morpholine rings is 1. The SMILES string of the molecule is COc1c(OCCCN2CCOCC2)ccc2c(Oc3ccc(N4C(=O)CN(CCc5ccccc5)C4=O)cc3F)ccnc12. The molecule has 3 amide bonds. The lowest BCUT2D eigenvalue weighted by Crippen LogP contribution is -2.37. The number of rotatable bonds is 12. The Labute approximate surface area is 260 Å². The molecule has 0 N–H and O–H groups in total. The highest BCUT2D eigenvalue weighted by molar-refractivity contribution is 6.19. The molecule has 2 saturated heterocycles. The Morgan fingerprint density at radius 1 is 0.933 bits per heavy atom. The topological polar surface area (TPSA) is 93.7 Å². The van der Waals surface area contributed by atoms with Gasteiger partial charge in [0, 0.05) is 43.8 Å². The minimum absolute atomic E-state index is 0.0596. The number of methoxy groups -OCH3 is 1. The molecule has 0 aliphatic carbocycles. The summed E-state index contributed by atoms with van der Waals surface area (Å²) in [6.45, 7) is 5.14. The third kappa shape index (κ3) is 6.84. The van der Waals surface area contributed by atoms with Gasteiger partial charge in [-0.15, -0.1) is 0 Å². The highest BCUT2D eigenvalue weighted by atomic mass is 19.1. The normalized spacial score (nSPS) is 15.6. The molecule has 0 bridgehead atoms. The van der Waals surface area contributed by atoms with Crippen LogP contribution >= 0.6 is 0 Å². The number of halogens is 1. The second-order valence-corrected chi connectivity index (χ2v) is 10.8. The van der Waals surface area contributed by atoms with E-state index in [1.54, 1.807) is 31.5 Å². The number of carbonyl (C=O) groups excluding carboxylic acids is 2. The van der Waals surface area contributed by atoms with Crippen molar-refractivity contribution in [3.05, 3.63) is 84.3 Å². The second kappa shape index (κ2) is 13.9. The number of fused-ring (bicyclic) bond motifs is 1. The molecule has 2 fully saturated rings. The Balaban J connectivity index is 1.13. The highest BCUT2D eigenvalue weighted by Gasteiger charge is 2.37. The van der Waals surface area contributed by atoms with Crippen LogP contribution in [-0.2, 0) is 16.0 Å². The van der Waals surface area contributed by atoms with Gasteiger partial charge in [-0.2, -0.15) is 0 Å². The second-order valence-electron chi connectivity index (χ2n) is 10.8. The van der Waals surface area contributed by atoms with Crippen molar-refractivity contribution in [2.45, 2.75) is 12.8 Å². The molecule has 0 unspecified atom stereocenters. The van der Waals surface area contributed by atoms with Gasteiger partial charge < -0.3 is 23.8 Å². The molecule has 4 aromatic rings. The van der Waals surface area contributed by atoms with E-state index in [9.17, 15) is 9.59 Å². The summed E-state index contributed by atoms with van der Waals surface area (Å²) in [6, 6.07) is 18.5. The number of anilines is 1. The summed E-state index contributed by atoms with van der Waals surface area (Å²) < 4.78 is 38.5. The maximum atomic E-state index is 15.4. The highest BCUT2D eigenvalue weighted by Crippen LogP contribution is 2.40. The molecule has 0 radical (unpaired) electrons. The molecular weight excluding hydrogens is 579 g/mol. The van der Waals surface area contributed by atoms with Crippen molar-refractivity contribution < 1.29 is 32.9 Å². The number of aromatic nitrogens is 1. The van der Waals surface area contributed by atoms with Gasteiger partial charge in [0.1, 0.15) is 17.8 Å². The number of benzene rings is 3. The maximum Gasteiger partial charge on any atom is 0.331 e. The monoisotopic (exact) mass is 614 g/mol. The maximum absolute atomic E-state index is 15.4. The summed E-state index contributed by atoms with van der Waals surface area (Å²) in [4.78, 5) is 35.1. The molecule has 2 aliphatic rings. The van der Waals surface area contributed by atoms with Crippen molar-refractivity contribution in [2.24, 2.45) is 0 Å². The van der Waals surface area contributed by atoms with E-state index in [4.69, 9.17) is 18.9 Å². The number of carbonyl (C=O) groups is 2. The van der Waals surface area contributed by atoms with Gasteiger partial charge in [-0.25, -0.2) is 14.1 Å². The Kier molecular flexibility index (Phi) is 9.37. The third-order valence-corrected chi connectivity index (χ3v) is 7.92. The summed E-state index contributed by atoms with van der Waals surface area (Å²) in [7, 11) is 1.55. The van der Waals surface area contributed by atoms with Crippen LogP contribution in [0.3, 0.4) is 0 Å². The first-order valence-corrected chi connectivity index (χ1v) is 15.0. The van der Waals surface area contributed by atoms with Crippen molar-refractivity contribution in [1.29, 1.82) is 0 Å². The predicted molar refractivity (Wildman–Crippen MR) is 167 cm³/mol. The van der Waals surface area contributed by atoms with Crippen molar-refractivity contribution in [3.63, 3.8) is 0 Å². The molecular formula is C34H35FN4O6. The fourth-order valence-electron chi connectivity index (χ4n) is 5.56. The molecule has 234 valence electrons. The number of ether oxygens (including phenoxy) is 4. The lowest BCUT2D eigenvalue weighted by molar-refractivity contribution is -0.116. The van der Waals surface area contributed by atoms with E-state index >= 15 is 4.39 Å². The van der Waals surface area contributed by atoms with Gasteiger partial charge in [-0.05, 0) is 48.7 Å². The van der Waals surface area contributed by atoms with E-state index in [2.05, 4.69) is 9.88 Å². The van der Waals surface area contributed by atoms with E-state index in [0.29, 0.717) is 47.7 Å². The van der Waals surface area contributed by atoms with E-state index in [-0.39, 0.29) is 18.0 Å². The van der Waals surface area contributed by atoms with E-state index in [0.717, 1.165) is 55.8 Å². The first-order valence-electron chi connectivity index (χ1n) is 15.0. The van der Waals surface area contributed by atoms with Gasteiger partial charge in [0.25, 0.3) is 5.91 Å². The lowest BCUT2D eigenvalue weighted by Gasteiger charge is -2.26. The molecule has 3 heterocycles. The smallest absolute Gasteiger partial charge is 0.331 e. The first kappa shape index (κ1) is 30.3. The summed E-state index contributed by atoms with van der Waals surface area (Å²) in [5, 5.41) is 0.609. The van der Waals surface area contributed by atoms with Crippen molar-refractivity contribution in [3.8, 4) is 23.0 Å². The van der Waals surface area contributed by atoms with Crippen LogP contribution in [0.5, 0.6) is 23.0 Å². The van der Waals surface area contributed by atoms with Crippen LogP contribution in [0, 0.1) is 5.82 Å². The van der Waals surface area contributed by atoms with Crippen LogP contribution in [-0.4, -0.2) is 86.4 Å². The Morgan fingerprint density at radius 2 is 1.73 bits per heavy atom. The molecule has 3 aromatic carbocycles. The fraction of sp³-hybridized carbons (Fsp3) is 0.324. The quantitative estimate of drug-likeness (QED) is 0.157. The average molecular weight is 615 g/mol. The first-order chi connectivity index (χ1) is 22.0. The Morgan fingerprint density at radius 3 is 2.51 bits per heavy atom. The van der Waals surface area contributed by atoms with Crippen LogP contribution < -0.4 is 19.1 Å². The van der Waals surface area contributed by atoms with Gasteiger partial charge >= 0.3 is 6.03 Å². The van der Waals surface area contributed by atoms with Crippen LogP contribution in [0.25, 0.3) is 10.9 Å². The van der Waals surface area contributed by atoms with E-state index in [1.165, 1.54) is 17.0 Å². The molecule has 2 aliphatic heterocycles. The zero-order valence-electron chi connectivity index (χ0n) is 25.1. The van der Waals surface area contributed by atoms with Crippen molar-refractivity contribution >= 4 is 28.5 Å². The summed E-state index contributed by atoms with van der Waals surface area (Å²) >= 11 is 0. The fourth-order valence-corrected chi connectivity index (χ4v) is 5.56. The van der Waals surface area contributed by atoms with Crippen molar-refractivity contribution in [2.75, 3.05) is 64.6 Å². The Bertz CT molecular complexity index is 1660. The molecule has 0 spiro atoms. The molecule has 0 saturated carbocycles. The minimum atomic E-state index is -0.715. The molecule has 6 rings (SSSR count). The summed E-state index contributed by atoms with van der Waals surface area (Å²) in [5.41, 5.74) is 1.73. The minimum Gasteiger partial charge on any atom is -0.491 e. The standard InChI is InChI=1S/C34H35FN4O6/c1-42-33-30(44-19-5-15-37-17-20-43-21-18-37)11-9-26-28(12-14-36-32(26)33)45-29-10-8-25(22-27(29)35)39-31(40)23-38(34(39)41)16-13-24-6-3-2-4-7-24/h2-4,6-12,14,22H,5,13,15-21,23H2,1H3. The molecule has 1 aromatic heterocycles. The van der Waals surface area contributed by atoms with E-state index in [1.807, 2.05) is 30.3 Å². The molecule has 0 atom stereocenters. The number of hydrogen-bond acceptors (Lipinski definition) is 8. The number of urea groups is 1. The van der Waals surface area contributed by atoms with Crippen molar-refractivity contribution in [1.82, 2.24) is 14.8 Å². The number of pyridine rings is 1. The van der Waals surface area contributed by atoms with Gasteiger partial charge in [-0.3, -0.25) is 14.7 Å². The number of hydrogen-bond donors (Lipinski definition) is 0. The lowest BCUT2D eigenvalue weighted by atomic mass is 10.1. The van der Waals surface area contributed by atoms with Crippen LogP contribution in [0.4, 0.5) is 14.9 Å². The number of nitrogens with zero attached hydrogens (tertiary/aromatic N) is 4. The zero-order chi connectivity index (χ0) is 31.2. The van der Waals surface area contributed by atoms with E-state index < -0.39 is 17.8 Å². The van der Waals surface area contributed by atoms with Gasteiger partial charge in [0.05, 0.1) is 32.6 Å². The van der Waals surface area contributed by atoms with Crippen LogP contribution in [0.2, 0.25) is 0 Å². The largest absolute Gasteiger partial charge is 0.491 e. The molecule has 10 nitrogen and oxygen atoms in total. The molecule has 45 heavy (non-hydrogen) atoms. The number of amides is 3. The zero-order valence-corrected chi connectivity index (χ0v) is 25.1. The van der Waals surface area contributed by atoms with Crippen LogP contribution in [0.15, 0.2) is 72.9 Å². The Hall–Kier alpha value is -4.74. The van der Waals surface area contributed by atoms with Gasteiger partial charge in [-0.1, -0.05) is 30.3 Å². The van der Waals surface area contributed by atoms with Crippen LogP contribution in [0.1, 0.15) is 12.0 Å². The summed E-state index contributed by atoms with van der Waals surface area (Å²) in [6.07, 6.45) is 3.02. The molecule has 11 heteroatoms. The predicted octanol–water partition coefficient (Wildman–Crippen LogP) is 5.29. The summed E-state index contributed by atoms with van der Waals surface area (Å²) in [5.74, 6) is 0.200. The average Bonchev–Trinajstić information content (AvgIpc) is 3.35. The van der Waals surface area contributed by atoms with Gasteiger partial charge in [0.2, 0.25) is 0 Å². The number of imide groups is 1. The third-order valence-electron chi connectivity index (χ3n) is 7.92.